The molecular formula is C19H17ClN2O6. The molecule has 0 saturated heterocycles. The molecule has 0 radical (unpaired) electrons. The minimum Gasteiger partial charge on any atom is -0.454 e. The molecule has 0 fully saturated rings. The third-order valence-electron chi connectivity index (χ3n) is 3.79. The van der Waals surface area contributed by atoms with E-state index in [0.29, 0.717) is 27.8 Å². The number of aryl methyl sites for hydroxylation is 1. The van der Waals surface area contributed by atoms with Gasteiger partial charge in [0.25, 0.3) is 11.8 Å². The van der Waals surface area contributed by atoms with Crippen molar-refractivity contribution in [3.05, 3.63) is 52.5 Å². The van der Waals surface area contributed by atoms with Crippen molar-refractivity contribution in [2.75, 3.05) is 25.3 Å². The molecule has 2 aromatic carbocycles. The van der Waals surface area contributed by atoms with Crippen molar-refractivity contribution < 1.29 is 28.6 Å². The van der Waals surface area contributed by atoms with Crippen LogP contribution in [0.4, 0.5) is 5.69 Å². The monoisotopic (exact) mass is 404 g/mol. The van der Waals surface area contributed by atoms with Gasteiger partial charge in [0.1, 0.15) is 6.54 Å². The predicted octanol–water partition coefficient (Wildman–Crippen LogP) is 2.29. The van der Waals surface area contributed by atoms with E-state index in [2.05, 4.69) is 10.6 Å². The Hall–Kier alpha value is -3.26. The Labute approximate surface area is 165 Å². The van der Waals surface area contributed by atoms with Gasteiger partial charge in [0.05, 0.1) is 10.7 Å². The Kier molecular flexibility index (Phi) is 6.00. The molecule has 0 spiro atoms. The number of hydrogen-bond donors (Lipinski definition) is 2. The highest BCUT2D eigenvalue weighted by molar-refractivity contribution is 6.33. The van der Waals surface area contributed by atoms with Crippen molar-refractivity contribution in [1.29, 1.82) is 0 Å². The molecule has 28 heavy (non-hydrogen) atoms. The van der Waals surface area contributed by atoms with Crippen LogP contribution in [0.5, 0.6) is 11.5 Å². The summed E-state index contributed by atoms with van der Waals surface area (Å²) < 4.78 is 15.2. The van der Waals surface area contributed by atoms with E-state index in [1.807, 2.05) is 6.92 Å². The summed E-state index contributed by atoms with van der Waals surface area (Å²) in [5.41, 5.74) is 1.68. The van der Waals surface area contributed by atoms with Crippen LogP contribution in [0.2, 0.25) is 5.02 Å². The van der Waals surface area contributed by atoms with Crippen LogP contribution in [0.1, 0.15) is 15.9 Å². The normalized spacial score (nSPS) is 11.6. The van der Waals surface area contributed by atoms with E-state index in [-0.39, 0.29) is 13.3 Å². The second kappa shape index (κ2) is 8.62. The maximum Gasteiger partial charge on any atom is 0.325 e. The Bertz CT molecular complexity index is 931. The number of esters is 1. The molecule has 8 nitrogen and oxygen atoms in total. The molecule has 2 aromatic rings. The standard InChI is InChI=1S/C19H17ClN2O6/c1-11-2-4-14(13(20)6-11)22-17(23)9-26-18(24)8-21-19(25)12-3-5-15-16(7-12)28-10-27-15/h2-7H,8-10H2,1H3,(H,21,25)(H,22,23). The van der Waals surface area contributed by atoms with Gasteiger partial charge in [-0.2, -0.15) is 0 Å². The average Bonchev–Trinajstić information content (AvgIpc) is 3.14. The minimum atomic E-state index is -0.751. The van der Waals surface area contributed by atoms with E-state index in [9.17, 15) is 14.4 Å². The van der Waals surface area contributed by atoms with Crippen LogP contribution in [-0.2, 0) is 14.3 Å². The van der Waals surface area contributed by atoms with Gasteiger partial charge in [-0.05, 0) is 42.8 Å². The Morgan fingerprint density at radius 2 is 1.89 bits per heavy atom. The number of hydrogen-bond acceptors (Lipinski definition) is 6. The lowest BCUT2D eigenvalue weighted by atomic mass is 10.2. The average molecular weight is 405 g/mol. The second-order valence-electron chi connectivity index (χ2n) is 5.94. The lowest BCUT2D eigenvalue weighted by Crippen LogP contribution is -2.32. The van der Waals surface area contributed by atoms with Gasteiger partial charge in [0.2, 0.25) is 6.79 Å². The second-order valence-corrected chi connectivity index (χ2v) is 6.35. The summed E-state index contributed by atoms with van der Waals surface area (Å²) in [5, 5.41) is 5.35. The van der Waals surface area contributed by atoms with Crippen molar-refractivity contribution in [3.8, 4) is 11.5 Å². The molecule has 0 aliphatic carbocycles. The molecule has 3 rings (SSSR count). The van der Waals surface area contributed by atoms with Gasteiger partial charge in [-0.3, -0.25) is 14.4 Å². The number of ether oxygens (including phenoxy) is 3. The number of anilines is 1. The van der Waals surface area contributed by atoms with Gasteiger partial charge in [0, 0.05) is 5.56 Å². The van der Waals surface area contributed by atoms with Crippen molar-refractivity contribution in [2.45, 2.75) is 6.92 Å². The van der Waals surface area contributed by atoms with Crippen LogP contribution in [0.25, 0.3) is 0 Å². The zero-order valence-electron chi connectivity index (χ0n) is 14.9. The molecule has 0 atom stereocenters. The first kappa shape index (κ1) is 19.5. The van der Waals surface area contributed by atoms with Gasteiger partial charge in [0.15, 0.2) is 18.1 Å². The molecule has 1 aliphatic rings. The topological polar surface area (TPSA) is 103 Å². The zero-order valence-corrected chi connectivity index (χ0v) is 15.7. The number of fused-ring (bicyclic) bond motifs is 1. The number of carbonyl (C=O) groups is 3. The fourth-order valence-electron chi connectivity index (χ4n) is 2.40. The van der Waals surface area contributed by atoms with E-state index in [1.54, 1.807) is 30.3 Å². The van der Waals surface area contributed by atoms with E-state index in [0.717, 1.165) is 5.56 Å². The highest BCUT2D eigenvalue weighted by Gasteiger charge is 2.17. The van der Waals surface area contributed by atoms with Crippen LogP contribution in [0.3, 0.4) is 0 Å². The van der Waals surface area contributed by atoms with Crippen molar-refractivity contribution in [1.82, 2.24) is 5.32 Å². The fraction of sp³-hybridized carbons (Fsp3) is 0.211. The summed E-state index contributed by atoms with van der Waals surface area (Å²) in [6, 6.07) is 9.82. The van der Waals surface area contributed by atoms with E-state index in [1.165, 1.54) is 6.07 Å². The quantitative estimate of drug-likeness (QED) is 0.716. The number of nitrogens with one attached hydrogen (secondary N) is 2. The predicted molar refractivity (Wildman–Crippen MR) is 101 cm³/mol. The number of rotatable bonds is 6. The number of benzene rings is 2. The molecule has 0 aromatic heterocycles. The lowest BCUT2D eigenvalue weighted by molar-refractivity contribution is -0.146. The maximum atomic E-state index is 12.1. The third kappa shape index (κ3) is 4.92. The largest absolute Gasteiger partial charge is 0.454 e. The number of amides is 2. The van der Waals surface area contributed by atoms with Crippen LogP contribution < -0.4 is 20.1 Å². The smallest absolute Gasteiger partial charge is 0.325 e. The van der Waals surface area contributed by atoms with Gasteiger partial charge < -0.3 is 24.8 Å². The van der Waals surface area contributed by atoms with Crippen LogP contribution in [0.15, 0.2) is 36.4 Å². The third-order valence-corrected chi connectivity index (χ3v) is 4.10. The summed E-state index contributed by atoms with van der Waals surface area (Å²) in [5.74, 6) is -0.760. The molecule has 0 unspecified atom stereocenters. The highest BCUT2D eigenvalue weighted by Crippen LogP contribution is 2.32. The van der Waals surface area contributed by atoms with Crippen LogP contribution in [-0.4, -0.2) is 37.7 Å². The summed E-state index contributed by atoms with van der Waals surface area (Å²) in [6.45, 7) is 1.09. The molecule has 146 valence electrons. The first-order valence-corrected chi connectivity index (χ1v) is 8.69. The van der Waals surface area contributed by atoms with Crippen LogP contribution >= 0.6 is 11.6 Å². The summed E-state index contributed by atoms with van der Waals surface area (Å²) >= 11 is 6.03. The molecule has 0 bridgehead atoms. The lowest BCUT2D eigenvalue weighted by Gasteiger charge is -2.09. The maximum absolute atomic E-state index is 12.1. The van der Waals surface area contributed by atoms with Gasteiger partial charge in [-0.15, -0.1) is 0 Å². The van der Waals surface area contributed by atoms with Gasteiger partial charge >= 0.3 is 5.97 Å². The van der Waals surface area contributed by atoms with E-state index in [4.69, 9.17) is 25.8 Å². The first-order valence-electron chi connectivity index (χ1n) is 8.32. The molecule has 2 N–H and O–H groups in total. The number of carbonyl (C=O) groups excluding carboxylic acids is 3. The molecule has 2 amide bonds. The molecule has 1 heterocycles. The zero-order chi connectivity index (χ0) is 20.1. The fourth-order valence-corrected chi connectivity index (χ4v) is 2.68. The van der Waals surface area contributed by atoms with Gasteiger partial charge in [-0.25, -0.2) is 0 Å². The Morgan fingerprint density at radius 1 is 1.11 bits per heavy atom. The molecule has 9 heteroatoms. The SMILES string of the molecule is Cc1ccc(NC(=O)COC(=O)CNC(=O)c2ccc3c(c2)OCO3)c(Cl)c1. The van der Waals surface area contributed by atoms with Gasteiger partial charge in [-0.1, -0.05) is 17.7 Å². The first-order chi connectivity index (χ1) is 13.4. The van der Waals surface area contributed by atoms with Crippen molar-refractivity contribution in [2.24, 2.45) is 0 Å². The van der Waals surface area contributed by atoms with E-state index >= 15 is 0 Å². The molecule has 1 aliphatic heterocycles. The Morgan fingerprint density at radius 3 is 2.68 bits per heavy atom. The molecular weight excluding hydrogens is 388 g/mol. The Balaban J connectivity index is 1.42. The summed E-state index contributed by atoms with van der Waals surface area (Å²) in [7, 11) is 0. The van der Waals surface area contributed by atoms with Crippen molar-refractivity contribution >= 4 is 35.1 Å². The summed E-state index contributed by atoms with van der Waals surface area (Å²) in [4.78, 5) is 35.7. The van der Waals surface area contributed by atoms with E-state index < -0.39 is 24.4 Å². The molecule has 0 saturated carbocycles. The summed E-state index contributed by atoms with van der Waals surface area (Å²) in [6.07, 6.45) is 0. The highest BCUT2D eigenvalue weighted by atomic mass is 35.5. The minimum absolute atomic E-state index is 0.0998. The number of halogens is 1. The van der Waals surface area contributed by atoms with Crippen molar-refractivity contribution in [3.63, 3.8) is 0 Å². The van der Waals surface area contributed by atoms with Crippen LogP contribution in [0, 0.1) is 6.92 Å².